The van der Waals surface area contributed by atoms with Crippen LogP contribution in [0.15, 0.2) is 71.6 Å². The summed E-state index contributed by atoms with van der Waals surface area (Å²) >= 11 is 0. The second-order valence-electron chi connectivity index (χ2n) is 6.32. The first-order valence-electron chi connectivity index (χ1n) is 8.87. The second-order valence-corrected chi connectivity index (χ2v) is 6.32. The Morgan fingerprint density at radius 1 is 1.07 bits per heavy atom. The highest BCUT2D eigenvalue weighted by atomic mass is 16.5. The van der Waals surface area contributed by atoms with Crippen LogP contribution in [0.25, 0.3) is 28.2 Å². The van der Waals surface area contributed by atoms with Gasteiger partial charge < -0.3 is 9.09 Å². The number of hydrogen-bond donors (Lipinski definition) is 0. The van der Waals surface area contributed by atoms with Gasteiger partial charge in [0.1, 0.15) is 11.5 Å². The lowest BCUT2D eigenvalue weighted by Gasteiger charge is -2.03. The van der Waals surface area contributed by atoms with Crippen molar-refractivity contribution in [1.82, 2.24) is 14.7 Å². The number of hydrogen-bond acceptors (Lipinski definition) is 4. The van der Waals surface area contributed by atoms with E-state index < -0.39 is 0 Å². The first kappa shape index (κ1) is 17.0. The summed E-state index contributed by atoms with van der Waals surface area (Å²) in [5.74, 6) is 0.864. The molecule has 27 heavy (non-hydrogen) atoms. The normalized spacial score (nSPS) is 10.9. The molecule has 0 atom stereocenters. The molecule has 0 bridgehead atoms. The van der Waals surface area contributed by atoms with Crippen molar-refractivity contribution in [3.63, 3.8) is 0 Å². The molecule has 0 saturated heterocycles. The van der Waals surface area contributed by atoms with Crippen LogP contribution in [0.3, 0.4) is 0 Å². The number of ketones is 1. The summed E-state index contributed by atoms with van der Waals surface area (Å²) in [5, 5.41) is 4.28. The van der Waals surface area contributed by atoms with Gasteiger partial charge in [-0.1, -0.05) is 42.4 Å². The van der Waals surface area contributed by atoms with E-state index in [1.54, 1.807) is 13.3 Å². The highest BCUT2D eigenvalue weighted by Gasteiger charge is 2.20. The lowest BCUT2D eigenvalue weighted by molar-refractivity contribution is 0.101. The van der Waals surface area contributed by atoms with Crippen LogP contribution in [0.4, 0.5) is 0 Å². The smallest absolute Gasteiger partial charge is 0.159 e. The molecular formula is C22H19N3O2. The fraction of sp³-hybridized carbons (Fsp3) is 0.136. The van der Waals surface area contributed by atoms with E-state index in [9.17, 15) is 4.79 Å². The molecule has 2 aromatic heterocycles. The Kier molecular flexibility index (Phi) is 4.42. The zero-order chi connectivity index (χ0) is 18.8. The first-order valence-corrected chi connectivity index (χ1v) is 8.87. The number of rotatable bonds is 5. The fourth-order valence-corrected chi connectivity index (χ4v) is 3.08. The summed E-state index contributed by atoms with van der Waals surface area (Å²) in [7, 11) is 0. The third-order valence-electron chi connectivity index (χ3n) is 4.54. The van der Waals surface area contributed by atoms with Crippen molar-refractivity contribution in [1.29, 1.82) is 0 Å². The molecule has 4 rings (SSSR count). The number of carbonyl (C=O) groups is 1. The van der Waals surface area contributed by atoms with E-state index >= 15 is 0 Å². The number of imidazole rings is 1. The summed E-state index contributed by atoms with van der Waals surface area (Å²) in [4.78, 5) is 16.0. The van der Waals surface area contributed by atoms with Gasteiger partial charge in [-0.3, -0.25) is 4.79 Å². The van der Waals surface area contributed by atoms with Crippen LogP contribution in [0, 0.1) is 0 Å². The van der Waals surface area contributed by atoms with Gasteiger partial charge in [0.2, 0.25) is 0 Å². The van der Waals surface area contributed by atoms with Crippen LogP contribution in [-0.2, 0) is 6.42 Å². The number of Topliss-reactive ketones (excluding diaryl/α,β-unsaturated/α-hetero) is 1. The van der Waals surface area contributed by atoms with Gasteiger partial charge in [-0.15, -0.1) is 0 Å². The molecular weight excluding hydrogens is 338 g/mol. The zero-order valence-corrected chi connectivity index (χ0v) is 15.2. The quantitative estimate of drug-likeness (QED) is 0.474. The fourth-order valence-electron chi connectivity index (χ4n) is 3.08. The van der Waals surface area contributed by atoms with Crippen LogP contribution in [0.1, 0.15) is 30.0 Å². The van der Waals surface area contributed by atoms with Crippen molar-refractivity contribution in [2.45, 2.75) is 20.3 Å². The van der Waals surface area contributed by atoms with E-state index in [4.69, 9.17) is 4.52 Å². The van der Waals surface area contributed by atoms with Crippen molar-refractivity contribution in [2.24, 2.45) is 0 Å². The molecule has 0 spiro atoms. The van der Waals surface area contributed by atoms with Gasteiger partial charge in [-0.2, -0.15) is 0 Å². The predicted molar refractivity (Wildman–Crippen MR) is 104 cm³/mol. The maximum atomic E-state index is 11.5. The molecule has 0 amide bonds. The van der Waals surface area contributed by atoms with Gasteiger partial charge >= 0.3 is 0 Å². The van der Waals surface area contributed by atoms with Crippen LogP contribution in [0.2, 0.25) is 0 Å². The molecule has 5 nitrogen and oxygen atoms in total. The molecule has 0 unspecified atom stereocenters. The Morgan fingerprint density at radius 3 is 2.48 bits per heavy atom. The van der Waals surface area contributed by atoms with Gasteiger partial charge in [-0.25, -0.2) is 4.98 Å². The Hall–Kier alpha value is -3.47. The zero-order valence-electron chi connectivity index (χ0n) is 15.2. The number of carbonyl (C=O) groups excluding carboxylic acids is 1. The predicted octanol–water partition coefficient (Wildman–Crippen LogP) is 4.96. The Bertz CT molecular complexity index is 1080. The van der Waals surface area contributed by atoms with E-state index in [0.717, 1.165) is 40.4 Å². The lowest BCUT2D eigenvalue weighted by atomic mass is 10.0. The van der Waals surface area contributed by atoms with E-state index in [0.29, 0.717) is 5.56 Å². The van der Waals surface area contributed by atoms with Crippen molar-refractivity contribution in [2.75, 3.05) is 0 Å². The van der Waals surface area contributed by atoms with Crippen LogP contribution < -0.4 is 0 Å². The van der Waals surface area contributed by atoms with Crippen molar-refractivity contribution < 1.29 is 9.32 Å². The van der Waals surface area contributed by atoms with Crippen molar-refractivity contribution in [3.8, 4) is 28.2 Å². The average molecular weight is 357 g/mol. The molecule has 2 heterocycles. The van der Waals surface area contributed by atoms with E-state index in [2.05, 4.69) is 10.1 Å². The molecule has 5 heteroatoms. The summed E-state index contributed by atoms with van der Waals surface area (Å²) in [6.45, 7) is 3.60. The van der Waals surface area contributed by atoms with Gasteiger partial charge in [0.25, 0.3) is 0 Å². The summed E-state index contributed by atoms with van der Waals surface area (Å²) in [6.07, 6.45) is 4.45. The number of nitrogens with zero attached hydrogens (tertiary/aromatic N) is 3. The first-order chi connectivity index (χ1) is 13.2. The highest BCUT2D eigenvalue weighted by molar-refractivity contribution is 5.94. The molecule has 0 fully saturated rings. The maximum Gasteiger partial charge on any atom is 0.159 e. The van der Waals surface area contributed by atoms with E-state index in [1.807, 2.05) is 72.3 Å². The molecule has 134 valence electrons. The number of benzene rings is 2. The average Bonchev–Trinajstić information content (AvgIpc) is 3.35. The van der Waals surface area contributed by atoms with Crippen molar-refractivity contribution in [3.05, 3.63) is 78.4 Å². The molecule has 0 aliphatic heterocycles. The minimum Gasteiger partial charge on any atom is -0.360 e. The molecule has 0 aliphatic carbocycles. The van der Waals surface area contributed by atoms with Crippen LogP contribution in [0.5, 0.6) is 0 Å². The molecule has 4 aromatic rings. The third kappa shape index (κ3) is 3.19. The minimum absolute atomic E-state index is 0.0532. The Morgan fingerprint density at radius 2 is 1.81 bits per heavy atom. The van der Waals surface area contributed by atoms with Crippen LogP contribution >= 0.6 is 0 Å². The summed E-state index contributed by atoms with van der Waals surface area (Å²) in [5.41, 5.74) is 5.15. The molecule has 0 N–H and O–H groups in total. The van der Waals surface area contributed by atoms with Crippen molar-refractivity contribution >= 4 is 5.78 Å². The minimum atomic E-state index is 0.0532. The molecule has 0 aliphatic rings. The molecule has 0 saturated carbocycles. The third-order valence-corrected chi connectivity index (χ3v) is 4.54. The standard InChI is InChI=1S/C22H19N3O2/c1-3-20-21(22(24-27-20)17-7-5-4-6-8-17)19-13-25(14-23-19)18-11-9-16(10-12-18)15(2)26/h4-14H,3H2,1-2H3. The van der Waals surface area contributed by atoms with Gasteiger partial charge in [0, 0.05) is 29.4 Å². The topological polar surface area (TPSA) is 60.9 Å². The SMILES string of the molecule is CCc1onc(-c2ccccc2)c1-c1cn(-c2ccc(C(C)=O)cc2)cn1. The largest absolute Gasteiger partial charge is 0.360 e. The summed E-state index contributed by atoms with van der Waals surface area (Å²) in [6, 6.07) is 17.4. The van der Waals surface area contributed by atoms with Gasteiger partial charge in [0.05, 0.1) is 17.6 Å². The van der Waals surface area contributed by atoms with Gasteiger partial charge in [0.15, 0.2) is 5.78 Å². The molecule has 2 aromatic carbocycles. The van der Waals surface area contributed by atoms with E-state index in [-0.39, 0.29) is 5.78 Å². The van der Waals surface area contributed by atoms with E-state index in [1.165, 1.54) is 0 Å². The summed E-state index contributed by atoms with van der Waals surface area (Å²) < 4.78 is 7.51. The maximum absolute atomic E-state index is 11.5. The Balaban J connectivity index is 1.75. The lowest BCUT2D eigenvalue weighted by Crippen LogP contribution is -1.94. The number of aromatic nitrogens is 3. The highest BCUT2D eigenvalue weighted by Crippen LogP contribution is 2.34. The number of aryl methyl sites for hydroxylation is 1. The second kappa shape index (κ2) is 7.03. The monoisotopic (exact) mass is 357 g/mol. The Labute approximate surface area is 157 Å². The van der Waals surface area contributed by atoms with Gasteiger partial charge in [-0.05, 0) is 31.2 Å². The van der Waals surface area contributed by atoms with Crippen LogP contribution in [-0.4, -0.2) is 20.5 Å². The molecule has 0 radical (unpaired) electrons.